The molecule has 1 heterocycles. The SMILES string of the molecule is CN(C(=O)[C@@H]1C[C@H]2C[C@H]2N1)C1CCCCC1.O=C(O)C(F)(F)F. The lowest BCUT2D eigenvalue weighted by atomic mass is 9.94. The van der Waals surface area contributed by atoms with E-state index in [1.165, 1.54) is 38.5 Å². The number of fused-ring (bicyclic) bond motifs is 1. The summed E-state index contributed by atoms with van der Waals surface area (Å²) in [5.41, 5.74) is 0. The highest BCUT2D eigenvalue weighted by atomic mass is 19.4. The van der Waals surface area contributed by atoms with Gasteiger partial charge in [0.15, 0.2) is 0 Å². The highest BCUT2D eigenvalue weighted by Crippen LogP contribution is 2.41. The van der Waals surface area contributed by atoms with Crippen LogP contribution in [-0.4, -0.2) is 53.2 Å². The number of carbonyl (C=O) groups is 2. The molecule has 23 heavy (non-hydrogen) atoms. The number of halogens is 3. The van der Waals surface area contributed by atoms with Gasteiger partial charge >= 0.3 is 12.1 Å². The number of hydrogen-bond acceptors (Lipinski definition) is 3. The molecule has 1 amide bonds. The monoisotopic (exact) mass is 336 g/mol. The van der Waals surface area contributed by atoms with Gasteiger partial charge in [-0.15, -0.1) is 0 Å². The Morgan fingerprint density at radius 2 is 1.70 bits per heavy atom. The average molecular weight is 336 g/mol. The molecule has 0 aromatic heterocycles. The van der Waals surface area contributed by atoms with E-state index in [4.69, 9.17) is 9.90 Å². The fourth-order valence-corrected chi connectivity index (χ4v) is 3.41. The van der Waals surface area contributed by atoms with Crippen LogP contribution >= 0.6 is 0 Å². The average Bonchev–Trinajstić information content (AvgIpc) is 3.12. The van der Waals surface area contributed by atoms with E-state index in [2.05, 4.69) is 5.32 Å². The fourth-order valence-electron chi connectivity index (χ4n) is 3.41. The molecule has 2 saturated carbocycles. The Morgan fingerprint density at radius 1 is 1.13 bits per heavy atom. The van der Waals surface area contributed by atoms with Crippen molar-refractivity contribution in [2.24, 2.45) is 5.92 Å². The van der Waals surface area contributed by atoms with Gasteiger partial charge in [0.2, 0.25) is 5.91 Å². The molecule has 0 aromatic carbocycles. The van der Waals surface area contributed by atoms with Gasteiger partial charge in [-0.05, 0) is 31.6 Å². The van der Waals surface area contributed by atoms with Crippen LogP contribution in [0.5, 0.6) is 0 Å². The molecule has 8 heteroatoms. The van der Waals surface area contributed by atoms with E-state index in [1.807, 2.05) is 11.9 Å². The van der Waals surface area contributed by atoms with Gasteiger partial charge in [0, 0.05) is 19.1 Å². The zero-order valence-electron chi connectivity index (χ0n) is 13.1. The molecule has 1 aliphatic heterocycles. The van der Waals surface area contributed by atoms with Crippen molar-refractivity contribution in [1.82, 2.24) is 10.2 Å². The molecule has 1 saturated heterocycles. The predicted molar refractivity (Wildman–Crippen MR) is 76.8 cm³/mol. The summed E-state index contributed by atoms with van der Waals surface area (Å²) in [6, 6.07) is 1.32. The van der Waals surface area contributed by atoms with Crippen molar-refractivity contribution in [2.75, 3.05) is 7.05 Å². The van der Waals surface area contributed by atoms with Crippen LogP contribution in [0, 0.1) is 5.92 Å². The molecule has 0 radical (unpaired) electrons. The molecular weight excluding hydrogens is 313 g/mol. The van der Waals surface area contributed by atoms with Crippen LogP contribution in [0.25, 0.3) is 0 Å². The first-order chi connectivity index (χ1) is 10.7. The normalized spacial score (nSPS) is 30.0. The number of nitrogens with zero attached hydrogens (tertiary/aromatic N) is 1. The number of aliphatic carboxylic acids is 1. The van der Waals surface area contributed by atoms with Crippen LogP contribution in [0.2, 0.25) is 0 Å². The molecule has 3 atom stereocenters. The highest BCUT2D eigenvalue weighted by molar-refractivity contribution is 5.82. The second-order valence-corrected chi connectivity index (χ2v) is 6.60. The standard InChI is InChI=1S/C13H22N2O.C2HF3O2/c1-15(10-5-3-2-4-6-10)13(16)12-8-9-7-11(9)14-12;3-2(4,5)1(6)7/h9-12,14H,2-8H2,1H3;(H,6,7)/t9-,11-,12+;/m1./s1. The van der Waals surface area contributed by atoms with Crippen molar-refractivity contribution in [3.05, 3.63) is 0 Å². The van der Waals surface area contributed by atoms with Gasteiger partial charge in [0.05, 0.1) is 6.04 Å². The Hall–Kier alpha value is -1.31. The lowest BCUT2D eigenvalue weighted by molar-refractivity contribution is -0.192. The van der Waals surface area contributed by atoms with Gasteiger partial charge in [0.25, 0.3) is 0 Å². The molecule has 5 nitrogen and oxygen atoms in total. The Bertz CT molecular complexity index is 440. The molecule has 0 unspecified atom stereocenters. The van der Waals surface area contributed by atoms with Gasteiger partial charge in [-0.2, -0.15) is 13.2 Å². The van der Waals surface area contributed by atoms with Crippen LogP contribution in [0.1, 0.15) is 44.9 Å². The summed E-state index contributed by atoms with van der Waals surface area (Å²) in [4.78, 5) is 23.2. The van der Waals surface area contributed by atoms with E-state index < -0.39 is 12.1 Å². The van der Waals surface area contributed by atoms with Crippen molar-refractivity contribution in [1.29, 1.82) is 0 Å². The number of piperidine rings is 1. The number of nitrogens with one attached hydrogen (secondary N) is 1. The number of alkyl halides is 3. The molecule has 132 valence electrons. The molecule has 0 aromatic rings. The maximum absolute atomic E-state index is 12.3. The third-order valence-electron chi connectivity index (χ3n) is 4.89. The van der Waals surface area contributed by atoms with Crippen molar-refractivity contribution in [3.63, 3.8) is 0 Å². The van der Waals surface area contributed by atoms with Crippen molar-refractivity contribution < 1.29 is 27.9 Å². The Kier molecular flexibility index (Phi) is 5.54. The smallest absolute Gasteiger partial charge is 0.475 e. The van der Waals surface area contributed by atoms with Gasteiger partial charge in [0.1, 0.15) is 0 Å². The lowest BCUT2D eigenvalue weighted by Gasteiger charge is -2.33. The summed E-state index contributed by atoms with van der Waals surface area (Å²) in [7, 11) is 2.00. The number of carboxylic acid groups (broad SMARTS) is 1. The third-order valence-corrected chi connectivity index (χ3v) is 4.89. The quantitative estimate of drug-likeness (QED) is 0.811. The van der Waals surface area contributed by atoms with Gasteiger partial charge in [-0.3, -0.25) is 4.79 Å². The summed E-state index contributed by atoms with van der Waals surface area (Å²) < 4.78 is 31.7. The second kappa shape index (κ2) is 7.07. The van der Waals surface area contributed by atoms with Crippen molar-refractivity contribution in [3.8, 4) is 0 Å². The Morgan fingerprint density at radius 3 is 2.13 bits per heavy atom. The Balaban J connectivity index is 0.000000236. The van der Waals surface area contributed by atoms with E-state index in [0.29, 0.717) is 18.0 Å². The molecule has 3 aliphatic rings. The molecule has 2 N–H and O–H groups in total. The van der Waals surface area contributed by atoms with Crippen LogP contribution in [-0.2, 0) is 9.59 Å². The number of likely N-dealkylation sites (N-methyl/N-ethyl adjacent to an activating group) is 1. The minimum absolute atomic E-state index is 0.135. The first kappa shape index (κ1) is 18.0. The summed E-state index contributed by atoms with van der Waals surface area (Å²) >= 11 is 0. The molecular formula is C15H23F3N2O3. The molecule has 3 fully saturated rings. The molecule has 2 aliphatic carbocycles. The Labute approximate surface area is 133 Å². The number of amides is 1. The third kappa shape index (κ3) is 4.83. The zero-order chi connectivity index (χ0) is 17.2. The second-order valence-electron chi connectivity index (χ2n) is 6.60. The molecule has 0 spiro atoms. The van der Waals surface area contributed by atoms with Crippen molar-refractivity contribution in [2.45, 2.75) is 69.2 Å². The van der Waals surface area contributed by atoms with Gasteiger partial charge in [-0.1, -0.05) is 19.3 Å². The molecule has 3 rings (SSSR count). The first-order valence-corrected chi connectivity index (χ1v) is 8.03. The summed E-state index contributed by atoms with van der Waals surface area (Å²) in [6.45, 7) is 0. The largest absolute Gasteiger partial charge is 0.490 e. The number of rotatable bonds is 2. The topological polar surface area (TPSA) is 69.6 Å². The number of carbonyl (C=O) groups excluding carboxylic acids is 1. The number of carboxylic acids is 1. The van der Waals surface area contributed by atoms with Crippen LogP contribution in [0.15, 0.2) is 0 Å². The maximum Gasteiger partial charge on any atom is 0.490 e. The van der Waals surface area contributed by atoms with Gasteiger partial charge in [-0.25, -0.2) is 4.79 Å². The van der Waals surface area contributed by atoms with E-state index >= 15 is 0 Å². The lowest BCUT2D eigenvalue weighted by Crippen LogP contribution is -2.47. The first-order valence-electron chi connectivity index (χ1n) is 8.03. The van der Waals surface area contributed by atoms with E-state index in [1.54, 1.807) is 0 Å². The highest BCUT2D eigenvalue weighted by Gasteiger charge is 2.48. The van der Waals surface area contributed by atoms with Gasteiger partial charge < -0.3 is 15.3 Å². The summed E-state index contributed by atoms with van der Waals surface area (Å²) in [5, 5.41) is 10.6. The maximum atomic E-state index is 12.3. The van der Waals surface area contributed by atoms with Crippen LogP contribution in [0.3, 0.4) is 0 Å². The number of hydrogen-bond donors (Lipinski definition) is 2. The predicted octanol–water partition coefficient (Wildman–Crippen LogP) is 2.16. The minimum Gasteiger partial charge on any atom is -0.475 e. The van der Waals surface area contributed by atoms with E-state index in [0.717, 1.165) is 12.3 Å². The van der Waals surface area contributed by atoms with Crippen molar-refractivity contribution >= 4 is 11.9 Å². The van der Waals surface area contributed by atoms with Crippen LogP contribution in [0.4, 0.5) is 13.2 Å². The van der Waals surface area contributed by atoms with Crippen LogP contribution < -0.4 is 5.32 Å². The summed E-state index contributed by atoms with van der Waals surface area (Å²) in [5.74, 6) is -1.60. The summed E-state index contributed by atoms with van der Waals surface area (Å²) in [6.07, 6.45) is 3.67. The van der Waals surface area contributed by atoms with E-state index in [-0.39, 0.29) is 6.04 Å². The fraction of sp³-hybridized carbons (Fsp3) is 0.867. The molecule has 0 bridgehead atoms. The zero-order valence-corrected chi connectivity index (χ0v) is 13.1. The van der Waals surface area contributed by atoms with E-state index in [9.17, 15) is 18.0 Å². The minimum atomic E-state index is -5.08.